The highest BCUT2D eigenvalue weighted by Gasteiger charge is 2.51. The maximum absolute atomic E-state index is 12.1. The minimum absolute atomic E-state index is 0.165. The van der Waals surface area contributed by atoms with E-state index in [1.807, 2.05) is 6.92 Å². The average Bonchev–Trinajstić information content (AvgIpc) is 2.43. The molecule has 4 atom stereocenters. The van der Waals surface area contributed by atoms with Gasteiger partial charge in [0, 0.05) is 12.5 Å². The topological polar surface area (TPSA) is 102 Å². The molecule has 6 heteroatoms. The molecule has 1 saturated carbocycles. The second-order valence-electron chi connectivity index (χ2n) is 5.81. The van der Waals surface area contributed by atoms with E-state index in [0.717, 1.165) is 6.42 Å². The molecule has 1 rings (SSSR count). The van der Waals surface area contributed by atoms with Crippen LogP contribution >= 0.6 is 0 Å². The number of carbonyl (C=O) groups excluding carboxylic acids is 2. The number of esters is 1. The summed E-state index contributed by atoms with van der Waals surface area (Å²) in [6, 6.07) is -0.447. The fraction of sp³-hybridized carbons (Fsp3) is 0.867. The number of hydrogen-bond donors (Lipinski definition) is 3. The number of nitrogens with one attached hydrogen (secondary N) is 1. The number of ether oxygens (including phenoxy) is 1. The number of amides is 1. The lowest BCUT2D eigenvalue weighted by atomic mass is 9.69. The van der Waals surface area contributed by atoms with Gasteiger partial charge >= 0.3 is 5.97 Å². The molecule has 122 valence electrons. The number of aliphatic hydroxyl groups is 1. The van der Waals surface area contributed by atoms with Gasteiger partial charge in [0.15, 0.2) is 0 Å². The Kier molecular flexibility index (Phi) is 6.61. The summed E-state index contributed by atoms with van der Waals surface area (Å²) in [6.07, 6.45) is 2.08. The zero-order valence-electron chi connectivity index (χ0n) is 13.2. The van der Waals surface area contributed by atoms with Gasteiger partial charge in [0.2, 0.25) is 5.91 Å². The molecule has 21 heavy (non-hydrogen) atoms. The Morgan fingerprint density at radius 1 is 1.48 bits per heavy atom. The molecule has 0 spiro atoms. The summed E-state index contributed by atoms with van der Waals surface area (Å²) in [5.41, 5.74) is 4.93. The third-order valence-corrected chi connectivity index (χ3v) is 4.32. The molecule has 1 aliphatic rings. The Labute approximate surface area is 126 Å². The van der Waals surface area contributed by atoms with E-state index in [0.29, 0.717) is 25.7 Å². The summed E-state index contributed by atoms with van der Waals surface area (Å²) in [4.78, 5) is 24.2. The second-order valence-corrected chi connectivity index (χ2v) is 5.81. The van der Waals surface area contributed by atoms with E-state index in [9.17, 15) is 14.7 Å². The third kappa shape index (κ3) is 3.95. The van der Waals surface area contributed by atoms with Crippen molar-refractivity contribution in [1.29, 1.82) is 0 Å². The van der Waals surface area contributed by atoms with Gasteiger partial charge in [-0.3, -0.25) is 9.59 Å². The molecule has 0 aromatic carbocycles. The molecule has 0 aromatic rings. The van der Waals surface area contributed by atoms with Gasteiger partial charge in [-0.25, -0.2) is 0 Å². The quantitative estimate of drug-likeness (QED) is 0.627. The fourth-order valence-electron chi connectivity index (χ4n) is 3.06. The first kappa shape index (κ1) is 17.9. The minimum atomic E-state index is -1.03. The van der Waals surface area contributed by atoms with Crippen molar-refractivity contribution in [2.45, 2.75) is 70.6 Å². The predicted molar refractivity (Wildman–Crippen MR) is 79.4 cm³/mol. The second kappa shape index (κ2) is 7.75. The molecule has 0 aromatic heterocycles. The van der Waals surface area contributed by atoms with E-state index < -0.39 is 29.6 Å². The summed E-state index contributed by atoms with van der Waals surface area (Å²) in [7, 11) is 0. The summed E-state index contributed by atoms with van der Waals surface area (Å²) in [5.74, 6) is -1.22. The number of aliphatic hydroxyl groups excluding tert-OH is 1. The molecular weight excluding hydrogens is 272 g/mol. The van der Waals surface area contributed by atoms with Crippen molar-refractivity contribution >= 4 is 11.9 Å². The van der Waals surface area contributed by atoms with Gasteiger partial charge in [-0.05, 0) is 39.5 Å². The molecule has 4 unspecified atom stereocenters. The molecule has 1 amide bonds. The van der Waals surface area contributed by atoms with Crippen molar-refractivity contribution in [1.82, 2.24) is 5.32 Å². The van der Waals surface area contributed by atoms with Crippen molar-refractivity contribution in [2.75, 3.05) is 6.61 Å². The molecule has 1 aliphatic carbocycles. The van der Waals surface area contributed by atoms with Gasteiger partial charge in [0.05, 0.1) is 24.2 Å². The summed E-state index contributed by atoms with van der Waals surface area (Å²) >= 11 is 0. The van der Waals surface area contributed by atoms with E-state index in [1.165, 1.54) is 0 Å². The van der Waals surface area contributed by atoms with E-state index >= 15 is 0 Å². The first-order valence-electron chi connectivity index (χ1n) is 7.80. The van der Waals surface area contributed by atoms with Gasteiger partial charge in [-0.15, -0.1) is 0 Å². The van der Waals surface area contributed by atoms with Crippen LogP contribution in [-0.4, -0.2) is 41.3 Å². The molecule has 0 saturated heterocycles. The number of rotatable bonds is 6. The maximum Gasteiger partial charge on any atom is 0.311 e. The lowest BCUT2D eigenvalue weighted by molar-refractivity contribution is -0.156. The van der Waals surface area contributed by atoms with E-state index in [4.69, 9.17) is 10.5 Å². The monoisotopic (exact) mass is 300 g/mol. The van der Waals surface area contributed by atoms with Gasteiger partial charge in [0.1, 0.15) is 0 Å². The van der Waals surface area contributed by atoms with Crippen molar-refractivity contribution < 1.29 is 19.4 Å². The average molecular weight is 300 g/mol. The number of carbonyl (C=O) groups is 2. The Balaban J connectivity index is 3.03. The van der Waals surface area contributed by atoms with E-state index in [1.54, 1.807) is 13.8 Å². The summed E-state index contributed by atoms with van der Waals surface area (Å²) in [5, 5.41) is 13.4. The van der Waals surface area contributed by atoms with Gasteiger partial charge < -0.3 is 20.9 Å². The Morgan fingerprint density at radius 2 is 2.14 bits per heavy atom. The number of nitrogens with two attached hydrogens (primary N) is 1. The molecule has 0 aliphatic heterocycles. The van der Waals surface area contributed by atoms with Crippen LogP contribution < -0.4 is 11.1 Å². The van der Waals surface area contributed by atoms with Gasteiger partial charge in [0.25, 0.3) is 0 Å². The minimum Gasteiger partial charge on any atom is -0.466 e. The Hall–Kier alpha value is -1.14. The van der Waals surface area contributed by atoms with E-state index in [2.05, 4.69) is 5.32 Å². The Morgan fingerprint density at radius 3 is 2.71 bits per heavy atom. The van der Waals surface area contributed by atoms with Crippen LogP contribution in [0.15, 0.2) is 0 Å². The normalized spacial score (nSPS) is 30.5. The first-order chi connectivity index (χ1) is 9.89. The predicted octanol–water partition coefficient (Wildman–Crippen LogP) is 0.713. The molecule has 6 nitrogen and oxygen atoms in total. The van der Waals surface area contributed by atoms with Crippen molar-refractivity contribution in [3.8, 4) is 0 Å². The van der Waals surface area contributed by atoms with Crippen LogP contribution in [0.5, 0.6) is 0 Å². The Bertz CT molecular complexity index is 375. The van der Waals surface area contributed by atoms with Crippen LogP contribution in [0.25, 0.3) is 0 Å². The SMILES string of the molecule is CCCC(=O)NC1(C(C)C(=O)OCC)CCCC(N)C1O. The first-order valence-corrected chi connectivity index (χ1v) is 7.80. The zero-order valence-corrected chi connectivity index (χ0v) is 13.2. The third-order valence-electron chi connectivity index (χ3n) is 4.32. The van der Waals surface area contributed by atoms with Crippen molar-refractivity contribution in [3.63, 3.8) is 0 Å². The number of hydrogen-bond acceptors (Lipinski definition) is 5. The maximum atomic E-state index is 12.1. The molecule has 0 radical (unpaired) electrons. The molecule has 1 fully saturated rings. The van der Waals surface area contributed by atoms with Crippen LogP contribution in [0.1, 0.15) is 52.9 Å². The molecule has 0 bridgehead atoms. The molecular formula is C15H28N2O4. The smallest absolute Gasteiger partial charge is 0.311 e. The zero-order chi connectivity index (χ0) is 16.0. The van der Waals surface area contributed by atoms with Crippen LogP contribution in [0, 0.1) is 5.92 Å². The molecule has 4 N–H and O–H groups in total. The largest absolute Gasteiger partial charge is 0.466 e. The highest BCUT2D eigenvalue weighted by atomic mass is 16.5. The molecule has 0 heterocycles. The highest BCUT2D eigenvalue weighted by molar-refractivity contribution is 5.80. The van der Waals surface area contributed by atoms with Crippen LogP contribution in [0.4, 0.5) is 0 Å². The highest BCUT2D eigenvalue weighted by Crippen LogP contribution is 2.35. The lowest BCUT2D eigenvalue weighted by Crippen LogP contribution is -2.68. The standard InChI is InChI=1S/C15H28N2O4/c1-4-7-12(18)17-15(10(3)14(20)21-5-2)9-6-8-11(16)13(15)19/h10-11,13,19H,4-9,16H2,1-3H3,(H,17,18). The fourth-order valence-corrected chi connectivity index (χ4v) is 3.06. The van der Waals surface area contributed by atoms with Crippen molar-refractivity contribution in [2.24, 2.45) is 11.7 Å². The van der Waals surface area contributed by atoms with Gasteiger partial charge in [-0.2, -0.15) is 0 Å². The van der Waals surface area contributed by atoms with Crippen LogP contribution in [0.2, 0.25) is 0 Å². The summed E-state index contributed by atoms with van der Waals surface area (Å²) < 4.78 is 5.06. The lowest BCUT2D eigenvalue weighted by Gasteiger charge is -2.47. The summed E-state index contributed by atoms with van der Waals surface area (Å²) in [6.45, 7) is 5.59. The van der Waals surface area contributed by atoms with Crippen LogP contribution in [-0.2, 0) is 14.3 Å². The van der Waals surface area contributed by atoms with Crippen LogP contribution in [0.3, 0.4) is 0 Å². The van der Waals surface area contributed by atoms with Gasteiger partial charge in [-0.1, -0.05) is 6.92 Å². The van der Waals surface area contributed by atoms with Crippen molar-refractivity contribution in [3.05, 3.63) is 0 Å². The van der Waals surface area contributed by atoms with E-state index in [-0.39, 0.29) is 12.5 Å².